The van der Waals surface area contributed by atoms with Gasteiger partial charge in [0.2, 0.25) is 0 Å². The van der Waals surface area contributed by atoms with Crippen LogP contribution in [0.1, 0.15) is 42.3 Å². The second-order valence-electron chi connectivity index (χ2n) is 5.84. The Bertz CT molecular complexity index is 659. The van der Waals surface area contributed by atoms with Crippen molar-refractivity contribution in [1.82, 2.24) is 15.8 Å². The number of aromatic nitrogens is 1. The van der Waals surface area contributed by atoms with Gasteiger partial charge in [-0.1, -0.05) is 35.8 Å². The topological polar surface area (TPSA) is 62.5 Å². The van der Waals surface area contributed by atoms with E-state index in [9.17, 15) is 0 Å². The van der Waals surface area contributed by atoms with Gasteiger partial charge in [-0.05, 0) is 38.5 Å². The van der Waals surface area contributed by atoms with E-state index in [0.717, 1.165) is 46.7 Å². The Morgan fingerprint density at radius 1 is 1.25 bits per heavy atom. The van der Waals surface area contributed by atoms with Gasteiger partial charge in [-0.3, -0.25) is 0 Å². The summed E-state index contributed by atoms with van der Waals surface area (Å²) in [5.74, 6) is 1.96. The van der Waals surface area contributed by atoms with Crippen molar-refractivity contribution in [2.45, 2.75) is 40.2 Å². The van der Waals surface area contributed by atoms with E-state index in [1.165, 1.54) is 0 Å². The minimum atomic E-state index is 0.288. The molecule has 0 aliphatic rings. The first-order valence-electron chi connectivity index (χ1n) is 8.20. The van der Waals surface area contributed by atoms with E-state index >= 15 is 0 Å². The van der Waals surface area contributed by atoms with Crippen molar-refractivity contribution in [3.05, 3.63) is 51.9 Å². The third-order valence-electron chi connectivity index (χ3n) is 3.83. The normalized spacial score (nSPS) is 13.0. The van der Waals surface area contributed by atoms with Crippen LogP contribution in [0.5, 0.6) is 0 Å². The molecule has 0 aliphatic heterocycles. The minimum Gasteiger partial charge on any atom is -0.361 e. The summed E-state index contributed by atoms with van der Waals surface area (Å²) in [5.41, 5.74) is 3.23. The van der Waals surface area contributed by atoms with Crippen LogP contribution in [-0.4, -0.2) is 24.2 Å². The molecule has 24 heavy (non-hydrogen) atoms. The number of aryl methyl sites for hydroxylation is 2. The number of rotatable bonds is 6. The summed E-state index contributed by atoms with van der Waals surface area (Å²) in [5, 5.41) is 11.4. The fraction of sp³-hybridized carbons (Fsp3) is 0.444. The number of hydrogen-bond acceptors (Lipinski definition) is 3. The molecule has 0 aliphatic carbocycles. The number of benzene rings is 1. The lowest BCUT2D eigenvalue weighted by Gasteiger charge is -2.16. The number of halogens is 1. The van der Waals surface area contributed by atoms with Crippen LogP contribution < -0.4 is 10.6 Å². The number of guanidine groups is 1. The number of nitrogens with zero attached hydrogens (tertiary/aromatic N) is 2. The van der Waals surface area contributed by atoms with E-state index < -0.39 is 0 Å². The lowest BCUT2D eigenvalue weighted by atomic mass is 10.00. The van der Waals surface area contributed by atoms with E-state index in [1.807, 2.05) is 38.1 Å². The molecule has 0 bridgehead atoms. The molecule has 1 atom stereocenters. The Morgan fingerprint density at radius 2 is 1.96 bits per heavy atom. The molecule has 0 fully saturated rings. The highest BCUT2D eigenvalue weighted by molar-refractivity contribution is 6.30. The van der Waals surface area contributed by atoms with E-state index in [1.54, 1.807) is 0 Å². The molecule has 1 unspecified atom stereocenters. The zero-order valence-corrected chi connectivity index (χ0v) is 15.4. The Balaban J connectivity index is 1.97. The van der Waals surface area contributed by atoms with Crippen LogP contribution in [0.15, 0.2) is 33.8 Å². The number of nitrogens with one attached hydrogen (secondary N) is 2. The summed E-state index contributed by atoms with van der Waals surface area (Å²) in [6, 6.07) is 7.74. The van der Waals surface area contributed by atoms with Gasteiger partial charge in [-0.2, -0.15) is 0 Å². The second kappa shape index (κ2) is 8.73. The Hall–Kier alpha value is -2.01. The predicted octanol–water partition coefficient (Wildman–Crippen LogP) is 3.80. The van der Waals surface area contributed by atoms with Crippen LogP contribution >= 0.6 is 11.6 Å². The average Bonchev–Trinajstić information content (AvgIpc) is 2.90. The molecule has 0 amide bonds. The van der Waals surface area contributed by atoms with Gasteiger partial charge >= 0.3 is 0 Å². The Morgan fingerprint density at radius 3 is 2.54 bits per heavy atom. The maximum atomic E-state index is 5.91. The monoisotopic (exact) mass is 348 g/mol. The van der Waals surface area contributed by atoms with E-state index in [2.05, 4.69) is 34.6 Å². The highest BCUT2D eigenvalue weighted by atomic mass is 35.5. The molecule has 1 aromatic heterocycles. The second-order valence-corrected chi connectivity index (χ2v) is 6.28. The third kappa shape index (κ3) is 4.99. The predicted molar refractivity (Wildman–Crippen MR) is 98.7 cm³/mol. The van der Waals surface area contributed by atoms with Gasteiger partial charge in [0.05, 0.1) is 12.2 Å². The van der Waals surface area contributed by atoms with Gasteiger partial charge < -0.3 is 15.2 Å². The van der Waals surface area contributed by atoms with Crippen molar-refractivity contribution in [2.75, 3.05) is 13.1 Å². The summed E-state index contributed by atoms with van der Waals surface area (Å²) in [4.78, 5) is 4.62. The SMILES string of the molecule is CCNC(=NCc1ccc(Cl)cc1)NCC(C)c1c(C)noc1C. The largest absolute Gasteiger partial charge is 0.361 e. The molecule has 130 valence electrons. The van der Waals surface area contributed by atoms with Crippen molar-refractivity contribution < 1.29 is 4.52 Å². The van der Waals surface area contributed by atoms with Gasteiger partial charge in [0.1, 0.15) is 5.76 Å². The first-order chi connectivity index (χ1) is 11.5. The van der Waals surface area contributed by atoms with Crippen molar-refractivity contribution in [3.63, 3.8) is 0 Å². The lowest BCUT2D eigenvalue weighted by molar-refractivity contribution is 0.391. The van der Waals surface area contributed by atoms with Gasteiger partial charge in [-0.15, -0.1) is 0 Å². The Kier molecular flexibility index (Phi) is 6.67. The quantitative estimate of drug-likeness (QED) is 0.615. The first-order valence-corrected chi connectivity index (χ1v) is 8.58. The van der Waals surface area contributed by atoms with Crippen LogP contribution in [0.4, 0.5) is 0 Å². The zero-order valence-electron chi connectivity index (χ0n) is 14.7. The van der Waals surface area contributed by atoms with Crippen molar-refractivity contribution >= 4 is 17.6 Å². The number of aliphatic imine (C=N–C) groups is 1. The molecule has 0 saturated carbocycles. The molecule has 1 heterocycles. The lowest BCUT2D eigenvalue weighted by Crippen LogP contribution is -2.39. The summed E-state index contributed by atoms with van der Waals surface area (Å²) in [7, 11) is 0. The van der Waals surface area contributed by atoms with Gasteiger partial charge in [0, 0.05) is 29.6 Å². The number of hydrogen-bond donors (Lipinski definition) is 2. The molecule has 6 heteroatoms. The summed E-state index contributed by atoms with van der Waals surface area (Å²) < 4.78 is 5.25. The molecule has 1 aromatic carbocycles. The Labute approximate surface area is 148 Å². The molecule has 0 radical (unpaired) electrons. The van der Waals surface area contributed by atoms with E-state index in [-0.39, 0.29) is 5.92 Å². The van der Waals surface area contributed by atoms with Gasteiger partial charge in [0.15, 0.2) is 5.96 Å². The molecule has 2 aromatic rings. The van der Waals surface area contributed by atoms with E-state index in [0.29, 0.717) is 6.54 Å². The first kappa shape index (κ1) is 18.3. The molecule has 2 N–H and O–H groups in total. The molecular formula is C18H25ClN4O. The molecule has 0 saturated heterocycles. The van der Waals surface area contributed by atoms with Crippen LogP contribution in [-0.2, 0) is 6.54 Å². The molecule has 2 rings (SSSR count). The van der Waals surface area contributed by atoms with Gasteiger partial charge in [0.25, 0.3) is 0 Å². The summed E-state index contributed by atoms with van der Waals surface area (Å²) >= 11 is 5.91. The molecule has 0 spiro atoms. The van der Waals surface area contributed by atoms with Gasteiger partial charge in [-0.25, -0.2) is 4.99 Å². The van der Waals surface area contributed by atoms with Crippen LogP contribution in [0, 0.1) is 13.8 Å². The van der Waals surface area contributed by atoms with E-state index in [4.69, 9.17) is 16.1 Å². The zero-order chi connectivity index (χ0) is 17.5. The highest BCUT2D eigenvalue weighted by Crippen LogP contribution is 2.22. The summed E-state index contributed by atoms with van der Waals surface area (Å²) in [6.45, 7) is 10.3. The highest BCUT2D eigenvalue weighted by Gasteiger charge is 2.16. The van der Waals surface area contributed by atoms with Crippen molar-refractivity contribution in [3.8, 4) is 0 Å². The minimum absolute atomic E-state index is 0.288. The van der Waals surface area contributed by atoms with Crippen molar-refractivity contribution in [2.24, 2.45) is 4.99 Å². The van der Waals surface area contributed by atoms with Crippen LogP contribution in [0.2, 0.25) is 5.02 Å². The van der Waals surface area contributed by atoms with Crippen molar-refractivity contribution in [1.29, 1.82) is 0 Å². The van der Waals surface area contributed by atoms with Crippen LogP contribution in [0.3, 0.4) is 0 Å². The standard InChI is InChI=1S/C18H25ClN4O/c1-5-20-18(22-11-15-6-8-16(19)9-7-15)21-10-12(2)17-13(3)23-24-14(17)4/h6-9,12H,5,10-11H2,1-4H3,(H2,20,21,22). The van der Waals surface area contributed by atoms with Crippen LogP contribution in [0.25, 0.3) is 0 Å². The fourth-order valence-electron chi connectivity index (χ4n) is 2.65. The fourth-order valence-corrected chi connectivity index (χ4v) is 2.77. The summed E-state index contributed by atoms with van der Waals surface area (Å²) in [6.07, 6.45) is 0. The molecule has 5 nitrogen and oxygen atoms in total. The maximum absolute atomic E-state index is 5.91. The maximum Gasteiger partial charge on any atom is 0.191 e. The smallest absolute Gasteiger partial charge is 0.191 e. The third-order valence-corrected chi connectivity index (χ3v) is 4.09. The molecular weight excluding hydrogens is 324 g/mol. The average molecular weight is 349 g/mol.